The highest BCUT2D eigenvalue weighted by Gasteiger charge is 2.13. The number of benzene rings is 2. The maximum atomic E-state index is 12.6. The van der Waals surface area contributed by atoms with Gasteiger partial charge in [-0.3, -0.25) is 4.79 Å². The lowest BCUT2D eigenvalue weighted by atomic mass is 10.0. The molecule has 3 aromatic rings. The van der Waals surface area contributed by atoms with E-state index in [2.05, 4.69) is 15.3 Å². The molecule has 0 saturated heterocycles. The number of amides is 1. The molecular formula is C18H15N3O2. The molecule has 0 unspecified atom stereocenters. The first-order valence-electron chi connectivity index (χ1n) is 7.09. The van der Waals surface area contributed by atoms with Crippen LogP contribution in [0.4, 0.5) is 5.69 Å². The van der Waals surface area contributed by atoms with Crippen LogP contribution in [0.25, 0.3) is 11.3 Å². The largest absolute Gasteiger partial charge is 0.497 e. The molecular weight excluding hydrogens is 290 g/mol. The summed E-state index contributed by atoms with van der Waals surface area (Å²) in [5.74, 6) is 0.550. The van der Waals surface area contributed by atoms with Gasteiger partial charge in [0, 0.05) is 23.0 Å². The third kappa shape index (κ3) is 3.35. The summed E-state index contributed by atoms with van der Waals surface area (Å²) in [7, 11) is 1.60. The minimum absolute atomic E-state index is 0.190. The SMILES string of the molecule is COc1ccc(NC(=O)c2ccccc2-c2ccncn2)cc1. The molecule has 0 fully saturated rings. The summed E-state index contributed by atoms with van der Waals surface area (Å²) in [6.07, 6.45) is 3.12. The zero-order valence-corrected chi connectivity index (χ0v) is 12.6. The van der Waals surface area contributed by atoms with Gasteiger partial charge in [0.05, 0.1) is 12.8 Å². The van der Waals surface area contributed by atoms with Crippen molar-refractivity contribution in [1.82, 2.24) is 9.97 Å². The Hall–Kier alpha value is -3.21. The number of methoxy groups -OCH3 is 1. The third-order valence-corrected chi connectivity index (χ3v) is 3.38. The van der Waals surface area contributed by atoms with Crippen LogP contribution < -0.4 is 10.1 Å². The molecule has 0 radical (unpaired) electrons. The van der Waals surface area contributed by atoms with Gasteiger partial charge in [-0.15, -0.1) is 0 Å². The Kier molecular flexibility index (Phi) is 4.29. The van der Waals surface area contributed by atoms with E-state index in [4.69, 9.17) is 4.74 Å². The van der Waals surface area contributed by atoms with Crippen molar-refractivity contribution in [1.29, 1.82) is 0 Å². The van der Waals surface area contributed by atoms with E-state index >= 15 is 0 Å². The van der Waals surface area contributed by atoms with Crippen molar-refractivity contribution in [2.45, 2.75) is 0 Å². The van der Waals surface area contributed by atoms with Crippen molar-refractivity contribution in [2.24, 2.45) is 0 Å². The predicted octanol–water partition coefficient (Wildman–Crippen LogP) is 3.40. The molecule has 23 heavy (non-hydrogen) atoms. The van der Waals surface area contributed by atoms with E-state index < -0.39 is 0 Å². The number of carbonyl (C=O) groups is 1. The van der Waals surface area contributed by atoms with Gasteiger partial charge in [-0.25, -0.2) is 9.97 Å². The molecule has 0 spiro atoms. The second-order valence-electron chi connectivity index (χ2n) is 4.82. The lowest BCUT2D eigenvalue weighted by Crippen LogP contribution is -2.13. The van der Waals surface area contributed by atoms with Crippen LogP contribution in [-0.4, -0.2) is 23.0 Å². The Bertz CT molecular complexity index is 802. The van der Waals surface area contributed by atoms with Crippen molar-refractivity contribution < 1.29 is 9.53 Å². The Morgan fingerprint density at radius 2 is 1.83 bits per heavy atom. The minimum atomic E-state index is -0.190. The summed E-state index contributed by atoms with van der Waals surface area (Å²) in [5.41, 5.74) is 2.73. The molecule has 0 aliphatic rings. The first-order valence-corrected chi connectivity index (χ1v) is 7.09. The van der Waals surface area contributed by atoms with Crippen molar-refractivity contribution in [2.75, 3.05) is 12.4 Å². The Balaban J connectivity index is 1.88. The van der Waals surface area contributed by atoms with E-state index in [0.29, 0.717) is 16.9 Å². The first kappa shape index (κ1) is 14.7. The zero-order valence-electron chi connectivity index (χ0n) is 12.6. The summed E-state index contributed by atoms with van der Waals surface area (Å²) < 4.78 is 5.11. The number of ether oxygens (including phenoxy) is 1. The lowest BCUT2D eigenvalue weighted by Gasteiger charge is -2.10. The smallest absolute Gasteiger partial charge is 0.256 e. The predicted molar refractivity (Wildman–Crippen MR) is 88.4 cm³/mol. The van der Waals surface area contributed by atoms with Gasteiger partial charge in [0.1, 0.15) is 12.1 Å². The van der Waals surface area contributed by atoms with Gasteiger partial charge in [0.15, 0.2) is 0 Å². The minimum Gasteiger partial charge on any atom is -0.497 e. The molecule has 5 heteroatoms. The number of hydrogen-bond acceptors (Lipinski definition) is 4. The number of anilines is 1. The van der Waals surface area contributed by atoms with Crippen LogP contribution in [-0.2, 0) is 0 Å². The van der Waals surface area contributed by atoms with E-state index in [1.165, 1.54) is 6.33 Å². The molecule has 2 aromatic carbocycles. The van der Waals surface area contributed by atoms with Crippen LogP contribution in [0.5, 0.6) is 5.75 Å². The number of nitrogens with one attached hydrogen (secondary N) is 1. The van der Waals surface area contributed by atoms with Crippen molar-refractivity contribution in [3.05, 3.63) is 72.7 Å². The van der Waals surface area contributed by atoms with E-state index in [1.54, 1.807) is 49.7 Å². The molecule has 1 aromatic heterocycles. The molecule has 0 aliphatic carbocycles. The van der Waals surface area contributed by atoms with Crippen molar-refractivity contribution >= 4 is 11.6 Å². The second-order valence-corrected chi connectivity index (χ2v) is 4.82. The van der Waals surface area contributed by atoms with Crippen LogP contribution in [0.15, 0.2) is 67.1 Å². The summed E-state index contributed by atoms with van der Waals surface area (Å²) in [6.45, 7) is 0. The van der Waals surface area contributed by atoms with E-state index in [0.717, 1.165) is 11.3 Å². The van der Waals surface area contributed by atoms with Crippen LogP contribution in [0.1, 0.15) is 10.4 Å². The summed E-state index contributed by atoms with van der Waals surface area (Å²) in [6, 6.07) is 16.3. The Labute approximate surface area is 134 Å². The fraction of sp³-hybridized carbons (Fsp3) is 0.0556. The quantitative estimate of drug-likeness (QED) is 0.802. The van der Waals surface area contributed by atoms with Gasteiger partial charge in [0.25, 0.3) is 5.91 Å². The number of hydrogen-bond donors (Lipinski definition) is 1. The monoisotopic (exact) mass is 305 g/mol. The highest BCUT2D eigenvalue weighted by molar-refractivity contribution is 6.08. The maximum absolute atomic E-state index is 12.6. The molecule has 114 valence electrons. The fourth-order valence-corrected chi connectivity index (χ4v) is 2.23. The maximum Gasteiger partial charge on any atom is 0.256 e. The number of carbonyl (C=O) groups excluding carboxylic acids is 1. The molecule has 0 aliphatic heterocycles. The van der Waals surface area contributed by atoms with Crippen LogP contribution in [0.2, 0.25) is 0 Å². The van der Waals surface area contributed by atoms with Gasteiger partial charge in [-0.05, 0) is 36.4 Å². The number of rotatable bonds is 4. The van der Waals surface area contributed by atoms with Gasteiger partial charge in [0.2, 0.25) is 0 Å². The molecule has 0 atom stereocenters. The van der Waals surface area contributed by atoms with Crippen LogP contribution in [0.3, 0.4) is 0 Å². The van der Waals surface area contributed by atoms with Gasteiger partial charge in [-0.2, -0.15) is 0 Å². The second kappa shape index (κ2) is 6.70. The zero-order chi connectivity index (χ0) is 16.1. The topological polar surface area (TPSA) is 64.1 Å². The Morgan fingerprint density at radius 3 is 2.52 bits per heavy atom. The van der Waals surface area contributed by atoms with Crippen molar-refractivity contribution in [3.8, 4) is 17.0 Å². The molecule has 0 bridgehead atoms. The average Bonchev–Trinajstić information content (AvgIpc) is 2.63. The van der Waals surface area contributed by atoms with Crippen molar-refractivity contribution in [3.63, 3.8) is 0 Å². The lowest BCUT2D eigenvalue weighted by molar-refractivity contribution is 0.102. The van der Waals surface area contributed by atoms with Crippen LogP contribution >= 0.6 is 0 Å². The molecule has 5 nitrogen and oxygen atoms in total. The summed E-state index contributed by atoms with van der Waals surface area (Å²) in [4.78, 5) is 20.7. The Morgan fingerprint density at radius 1 is 1.04 bits per heavy atom. The molecule has 0 saturated carbocycles. The third-order valence-electron chi connectivity index (χ3n) is 3.38. The molecule has 1 heterocycles. The van der Waals surface area contributed by atoms with Crippen LogP contribution in [0, 0.1) is 0 Å². The first-order chi connectivity index (χ1) is 11.3. The van der Waals surface area contributed by atoms with Gasteiger partial charge >= 0.3 is 0 Å². The van der Waals surface area contributed by atoms with E-state index in [9.17, 15) is 4.79 Å². The average molecular weight is 305 g/mol. The molecule has 1 amide bonds. The highest BCUT2D eigenvalue weighted by atomic mass is 16.5. The summed E-state index contributed by atoms with van der Waals surface area (Å²) in [5, 5.41) is 2.88. The van der Waals surface area contributed by atoms with Gasteiger partial charge in [-0.1, -0.05) is 18.2 Å². The molecule has 1 N–H and O–H groups in total. The number of aromatic nitrogens is 2. The highest BCUT2D eigenvalue weighted by Crippen LogP contribution is 2.22. The van der Waals surface area contributed by atoms with E-state index in [-0.39, 0.29) is 5.91 Å². The normalized spacial score (nSPS) is 10.1. The number of nitrogens with zero attached hydrogens (tertiary/aromatic N) is 2. The van der Waals surface area contributed by atoms with E-state index in [1.807, 2.05) is 18.2 Å². The van der Waals surface area contributed by atoms with Gasteiger partial charge < -0.3 is 10.1 Å². The standard InChI is InChI=1S/C18H15N3O2/c1-23-14-8-6-13(7-9-14)21-18(22)16-5-3-2-4-15(16)17-10-11-19-12-20-17/h2-12H,1H3,(H,21,22). The summed E-state index contributed by atoms with van der Waals surface area (Å²) >= 11 is 0. The molecule has 3 rings (SSSR count). The fourth-order valence-electron chi connectivity index (χ4n) is 2.23.